The third kappa shape index (κ3) is 4.33. The maximum atomic E-state index is 11.9. The molecule has 0 saturated carbocycles. The average Bonchev–Trinajstić information content (AvgIpc) is 2.34. The lowest BCUT2D eigenvalue weighted by atomic mass is 9.89. The van der Waals surface area contributed by atoms with Crippen molar-refractivity contribution in [3.63, 3.8) is 0 Å². The molecule has 3 N–H and O–H groups in total. The number of methoxy groups -OCH3 is 1. The van der Waals surface area contributed by atoms with Crippen LogP contribution in [0.1, 0.15) is 30.6 Å². The Morgan fingerprint density at radius 1 is 1.56 bits per heavy atom. The predicted octanol–water partition coefficient (Wildman–Crippen LogP) is 1.46. The smallest absolute Gasteiger partial charge is 0.255 e. The monoisotopic (exact) mass is 251 g/mol. The minimum Gasteiger partial charge on any atom is -0.385 e. The number of nitrogens with zero attached hydrogens (tertiary/aromatic N) is 1. The molecule has 0 spiro atoms. The fourth-order valence-corrected chi connectivity index (χ4v) is 1.49. The number of ether oxygens (including phenoxy) is 1. The van der Waals surface area contributed by atoms with Gasteiger partial charge in [-0.1, -0.05) is 13.8 Å². The van der Waals surface area contributed by atoms with Crippen molar-refractivity contribution in [2.45, 2.75) is 20.3 Å². The van der Waals surface area contributed by atoms with Crippen molar-refractivity contribution in [1.29, 1.82) is 0 Å². The van der Waals surface area contributed by atoms with Crippen molar-refractivity contribution in [1.82, 2.24) is 10.3 Å². The van der Waals surface area contributed by atoms with E-state index in [-0.39, 0.29) is 17.1 Å². The van der Waals surface area contributed by atoms with Gasteiger partial charge in [0, 0.05) is 26.5 Å². The highest BCUT2D eigenvalue weighted by Crippen LogP contribution is 2.19. The van der Waals surface area contributed by atoms with Crippen LogP contribution in [0.3, 0.4) is 0 Å². The second-order valence-corrected chi connectivity index (χ2v) is 5.03. The molecule has 100 valence electrons. The number of amides is 1. The van der Waals surface area contributed by atoms with Gasteiger partial charge < -0.3 is 15.8 Å². The summed E-state index contributed by atoms with van der Waals surface area (Å²) in [6, 6.07) is 3.36. The highest BCUT2D eigenvalue weighted by molar-refractivity contribution is 5.98. The molecule has 5 nitrogen and oxygen atoms in total. The van der Waals surface area contributed by atoms with Gasteiger partial charge in [-0.3, -0.25) is 4.79 Å². The Kier molecular flexibility index (Phi) is 5.09. The molecule has 5 heteroatoms. The zero-order valence-corrected chi connectivity index (χ0v) is 11.2. The molecular weight excluding hydrogens is 230 g/mol. The molecule has 1 aromatic rings. The Morgan fingerprint density at radius 3 is 2.89 bits per heavy atom. The Hall–Kier alpha value is -1.62. The van der Waals surface area contributed by atoms with Crippen LogP contribution in [-0.2, 0) is 4.74 Å². The molecule has 1 amide bonds. The van der Waals surface area contributed by atoms with Crippen molar-refractivity contribution in [2.24, 2.45) is 5.41 Å². The van der Waals surface area contributed by atoms with Gasteiger partial charge in [0.15, 0.2) is 0 Å². The molecule has 0 aliphatic heterocycles. The number of carbonyl (C=O) groups is 1. The molecule has 0 radical (unpaired) electrons. The Bertz CT molecular complexity index is 405. The summed E-state index contributed by atoms with van der Waals surface area (Å²) >= 11 is 0. The first-order chi connectivity index (χ1) is 8.46. The van der Waals surface area contributed by atoms with Crippen LogP contribution in [0.15, 0.2) is 18.3 Å². The highest BCUT2D eigenvalue weighted by atomic mass is 16.5. The van der Waals surface area contributed by atoms with Crippen LogP contribution in [0.25, 0.3) is 0 Å². The normalized spacial score (nSPS) is 11.3. The van der Waals surface area contributed by atoms with Crippen molar-refractivity contribution in [3.05, 3.63) is 23.9 Å². The van der Waals surface area contributed by atoms with E-state index in [4.69, 9.17) is 10.5 Å². The molecule has 0 saturated heterocycles. The van der Waals surface area contributed by atoms with Crippen molar-refractivity contribution >= 4 is 11.7 Å². The molecule has 0 bridgehead atoms. The summed E-state index contributed by atoms with van der Waals surface area (Å²) in [5, 5.41) is 2.87. The zero-order chi connectivity index (χ0) is 13.6. The minimum absolute atomic E-state index is 0.0113. The topological polar surface area (TPSA) is 77.2 Å². The lowest BCUT2D eigenvalue weighted by Crippen LogP contribution is -2.35. The quantitative estimate of drug-likeness (QED) is 0.802. The van der Waals surface area contributed by atoms with Crippen molar-refractivity contribution in [3.8, 4) is 0 Å². The molecule has 0 fully saturated rings. The number of nitrogens with two attached hydrogens (primary N) is 1. The first kappa shape index (κ1) is 14.4. The van der Waals surface area contributed by atoms with Crippen LogP contribution in [-0.4, -0.2) is 31.2 Å². The molecule has 0 aliphatic rings. The summed E-state index contributed by atoms with van der Waals surface area (Å²) in [4.78, 5) is 15.8. The minimum atomic E-state index is -0.189. The number of carbonyl (C=O) groups excluding carboxylic acids is 1. The SMILES string of the molecule is COCCC(C)(C)CNC(=O)c1cccnc1N. The van der Waals surface area contributed by atoms with Crippen molar-refractivity contribution < 1.29 is 9.53 Å². The summed E-state index contributed by atoms with van der Waals surface area (Å²) in [6.45, 7) is 5.42. The molecule has 1 heterocycles. The molecule has 18 heavy (non-hydrogen) atoms. The van der Waals surface area contributed by atoms with Gasteiger partial charge in [-0.25, -0.2) is 4.98 Å². The third-order valence-electron chi connectivity index (χ3n) is 2.79. The van der Waals surface area contributed by atoms with E-state index in [2.05, 4.69) is 24.1 Å². The van der Waals surface area contributed by atoms with Gasteiger partial charge in [0.25, 0.3) is 5.91 Å². The van der Waals surface area contributed by atoms with E-state index < -0.39 is 0 Å². The van der Waals surface area contributed by atoms with Crippen LogP contribution in [0, 0.1) is 5.41 Å². The third-order valence-corrected chi connectivity index (χ3v) is 2.79. The number of aromatic nitrogens is 1. The first-order valence-corrected chi connectivity index (χ1v) is 5.94. The number of rotatable bonds is 6. The molecular formula is C13H21N3O2. The van der Waals surface area contributed by atoms with Crippen LogP contribution in [0.4, 0.5) is 5.82 Å². The van der Waals surface area contributed by atoms with E-state index in [1.165, 1.54) is 0 Å². The maximum absolute atomic E-state index is 11.9. The zero-order valence-electron chi connectivity index (χ0n) is 11.2. The lowest BCUT2D eigenvalue weighted by molar-refractivity contribution is 0.0921. The molecule has 0 atom stereocenters. The number of pyridine rings is 1. The van der Waals surface area contributed by atoms with E-state index in [1.807, 2.05) is 0 Å². The number of nitrogens with one attached hydrogen (secondary N) is 1. The van der Waals surface area contributed by atoms with Crippen LogP contribution in [0.5, 0.6) is 0 Å². The summed E-state index contributed by atoms with van der Waals surface area (Å²) in [5.74, 6) is 0.0655. The highest BCUT2D eigenvalue weighted by Gasteiger charge is 2.19. The molecule has 0 unspecified atom stereocenters. The van der Waals surface area contributed by atoms with E-state index in [1.54, 1.807) is 25.4 Å². The van der Waals surface area contributed by atoms with E-state index in [0.29, 0.717) is 18.7 Å². The molecule has 1 aromatic heterocycles. The van der Waals surface area contributed by atoms with Crippen LogP contribution < -0.4 is 11.1 Å². The Labute approximate surface area is 108 Å². The molecule has 0 aliphatic carbocycles. The summed E-state index contributed by atoms with van der Waals surface area (Å²) in [6.07, 6.45) is 2.45. The van der Waals surface area contributed by atoms with Crippen LogP contribution in [0.2, 0.25) is 0 Å². The first-order valence-electron chi connectivity index (χ1n) is 5.94. The summed E-state index contributed by atoms with van der Waals surface area (Å²) < 4.78 is 5.05. The molecule has 0 aromatic carbocycles. The van der Waals surface area contributed by atoms with Gasteiger partial charge in [-0.15, -0.1) is 0 Å². The Morgan fingerprint density at radius 2 is 2.28 bits per heavy atom. The Balaban J connectivity index is 2.54. The van der Waals surface area contributed by atoms with E-state index >= 15 is 0 Å². The van der Waals surface area contributed by atoms with Gasteiger partial charge in [-0.05, 0) is 24.0 Å². The predicted molar refractivity (Wildman–Crippen MR) is 71.3 cm³/mol. The largest absolute Gasteiger partial charge is 0.385 e. The maximum Gasteiger partial charge on any atom is 0.255 e. The number of hydrogen-bond donors (Lipinski definition) is 2. The second-order valence-electron chi connectivity index (χ2n) is 5.03. The number of hydrogen-bond acceptors (Lipinski definition) is 4. The van der Waals surface area contributed by atoms with Crippen molar-refractivity contribution in [2.75, 3.05) is 26.0 Å². The fourth-order valence-electron chi connectivity index (χ4n) is 1.49. The van der Waals surface area contributed by atoms with E-state index in [9.17, 15) is 4.79 Å². The standard InChI is InChI=1S/C13H21N3O2/c1-13(2,6-8-18-3)9-16-12(17)10-5-4-7-15-11(10)14/h4-5,7H,6,8-9H2,1-3H3,(H2,14,15)(H,16,17). The van der Waals surface area contributed by atoms with Crippen LogP contribution >= 0.6 is 0 Å². The number of nitrogen functional groups attached to an aromatic ring is 1. The van der Waals surface area contributed by atoms with Gasteiger partial charge in [-0.2, -0.15) is 0 Å². The van der Waals surface area contributed by atoms with Gasteiger partial charge in [0.1, 0.15) is 5.82 Å². The summed E-state index contributed by atoms with van der Waals surface area (Å²) in [5.41, 5.74) is 6.05. The van der Waals surface area contributed by atoms with Gasteiger partial charge in [0.05, 0.1) is 5.56 Å². The fraction of sp³-hybridized carbons (Fsp3) is 0.538. The second kappa shape index (κ2) is 6.35. The van der Waals surface area contributed by atoms with Gasteiger partial charge >= 0.3 is 0 Å². The van der Waals surface area contributed by atoms with Gasteiger partial charge in [0.2, 0.25) is 0 Å². The lowest BCUT2D eigenvalue weighted by Gasteiger charge is -2.24. The summed E-state index contributed by atoms with van der Waals surface area (Å²) in [7, 11) is 1.67. The average molecular weight is 251 g/mol. The molecule has 1 rings (SSSR count). The van der Waals surface area contributed by atoms with E-state index in [0.717, 1.165) is 6.42 Å². The number of anilines is 1.